The number of sulfonamides is 1. The van der Waals surface area contributed by atoms with Gasteiger partial charge in [-0.25, -0.2) is 13.1 Å². The fourth-order valence-corrected chi connectivity index (χ4v) is 2.94. The molecule has 0 aromatic heterocycles. The maximum atomic E-state index is 12.0. The van der Waals surface area contributed by atoms with Gasteiger partial charge in [0.25, 0.3) is 0 Å². The van der Waals surface area contributed by atoms with Gasteiger partial charge in [0, 0.05) is 17.6 Å². The van der Waals surface area contributed by atoms with E-state index in [2.05, 4.69) is 20.7 Å². The molecule has 6 heteroatoms. The monoisotopic (exact) mass is 335 g/mol. The number of benzene rings is 1. The first-order valence-electron chi connectivity index (χ1n) is 5.73. The highest BCUT2D eigenvalue weighted by Crippen LogP contribution is 2.20. The van der Waals surface area contributed by atoms with Crippen molar-refractivity contribution in [3.05, 3.63) is 28.2 Å². The number of halogens is 1. The summed E-state index contributed by atoms with van der Waals surface area (Å²) in [5, 5.41) is 8.77. The molecule has 102 valence electrons. The van der Waals surface area contributed by atoms with E-state index in [0.29, 0.717) is 13.0 Å². The Kier molecular flexibility index (Phi) is 5.78. The number of rotatable bonds is 6. The minimum absolute atomic E-state index is 0.0697. The normalized spacial score (nSPS) is 13.6. The third kappa shape index (κ3) is 4.35. The quantitative estimate of drug-likeness (QED) is 0.836. The van der Waals surface area contributed by atoms with Crippen LogP contribution < -0.4 is 4.72 Å². The van der Waals surface area contributed by atoms with Crippen LogP contribution in [0.25, 0.3) is 0 Å². The second-order valence-electron chi connectivity index (χ2n) is 4.38. The van der Waals surface area contributed by atoms with Gasteiger partial charge in [0.05, 0.1) is 4.90 Å². The summed E-state index contributed by atoms with van der Waals surface area (Å²) in [6.45, 7) is 4.14. The molecule has 18 heavy (non-hydrogen) atoms. The minimum atomic E-state index is -3.47. The third-order valence-corrected chi connectivity index (χ3v) is 4.99. The number of hydrogen-bond acceptors (Lipinski definition) is 3. The Balaban J connectivity index is 2.77. The van der Waals surface area contributed by atoms with Crippen molar-refractivity contribution in [3.63, 3.8) is 0 Å². The largest absolute Gasteiger partial charge is 0.396 e. The Morgan fingerprint density at radius 1 is 1.44 bits per heavy atom. The first-order valence-corrected chi connectivity index (χ1v) is 8.01. The molecule has 0 aliphatic rings. The van der Waals surface area contributed by atoms with E-state index in [0.717, 1.165) is 10.0 Å². The van der Waals surface area contributed by atoms with Crippen LogP contribution >= 0.6 is 15.9 Å². The lowest BCUT2D eigenvalue weighted by atomic mass is 10.1. The first-order chi connectivity index (χ1) is 8.36. The maximum Gasteiger partial charge on any atom is 0.240 e. The van der Waals surface area contributed by atoms with Crippen LogP contribution in [0.5, 0.6) is 0 Å². The van der Waals surface area contributed by atoms with E-state index in [4.69, 9.17) is 5.11 Å². The van der Waals surface area contributed by atoms with Gasteiger partial charge >= 0.3 is 0 Å². The van der Waals surface area contributed by atoms with Gasteiger partial charge in [-0.1, -0.05) is 22.9 Å². The Morgan fingerprint density at radius 2 is 2.11 bits per heavy atom. The average Bonchev–Trinajstić information content (AvgIpc) is 2.30. The third-order valence-electron chi connectivity index (χ3n) is 2.68. The van der Waals surface area contributed by atoms with Gasteiger partial charge < -0.3 is 5.11 Å². The van der Waals surface area contributed by atoms with Gasteiger partial charge in [-0.3, -0.25) is 0 Å². The van der Waals surface area contributed by atoms with E-state index in [-0.39, 0.29) is 17.4 Å². The van der Waals surface area contributed by atoms with Crippen molar-refractivity contribution >= 4 is 26.0 Å². The molecule has 1 aromatic carbocycles. The molecule has 0 radical (unpaired) electrons. The second-order valence-corrected chi connectivity index (χ2v) is 7.00. The van der Waals surface area contributed by atoms with Gasteiger partial charge in [-0.15, -0.1) is 0 Å². The maximum absolute atomic E-state index is 12.0. The second kappa shape index (κ2) is 6.65. The molecule has 1 rings (SSSR count). The smallest absolute Gasteiger partial charge is 0.240 e. The number of aliphatic hydroxyl groups excluding tert-OH is 1. The highest BCUT2D eigenvalue weighted by Gasteiger charge is 2.15. The van der Waals surface area contributed by atoms with E-state index < -0.39 is 10.0 Å². The summed E-state index contributed by atoms with van der Waals surface area (Å²) >= 11 is 3.34. The molecule has 4 nitrogen and oxygen atoms in total. The number of nitrogens with one attached hydrogen (secondary N) is 1. The summed E-state index contributed by atoms with van der Waals surface area (Å²) in [7, 11) is -3.47. The summed E-state index contributed by atoms with van der Waals surface area (Å²) in [6.07, 6.45) is 0.585. The zero-order chi connectivity index (χ0) is 13.8. The number of aliphatic hydroxyl groups is 1. The molecular weight excluding hydrogens is 318 g/mol. The summed E-state index contributed by atoms with van der Waals surface area (Å²) in [4.78, 5) is 0.263. The van der Waals surface area contributed by atoms with Gasteiger partial charge in [0.2, 0.25) is 10.0 Å². The molecule has 0 fully saturated rings. The first kappa shape index (κ1) is 15.6. The van der Waals surface area contributed by atoms with Crippen LogP contribution in [0.4, 0.5) is 0 Å². The fourth-order valence-electron chi connectivity index (χ4n) is 1.44. The van der Waals surface area contributed by atoms with Crippen molar-refractivity contribution in [2.24, 2.45) is 5.92 Å². The van der Waals surface area contributed by atoms with E-state index in [9.17, 15) is 8.42 Å². The average molecular weight is 336 g/mol. The molecule has 0 spiro atoms. The molecule has 2 N–H and O–H groups in total. The molecule has 1 atom stereocenters. The Hall–Kier alpha value is -0.430. The van der Waals surface area contributed by atoms with E-state index in [1.54, 1.807) is 18.2 Å². The lowest BCUT2D eigenvalue weighted by molar-refractivity contribution is 0.263. The molecule has 0 bridgehead atoms. The molecule has 0 aliphatic carbocycles. The van der Waals surface area contributed by atoms with Gasteiger partial charge in [-0.05, 0) is 43.0 Å². The topological polar surface area (TPSA) is 66.4 Å². The van der Waals surface area contributed by atoms with Crippen molar-refractivity contribution in [2.45, 2.75) is 25.2 Å². The van der Waals surface area contributed by atoms with Crippen LogP contribution in [-0.2, 0) is 10.0 Å². The van der Waals surface area contributed by atoms with Crippen molar-refractivity contribution in [1.82, 2.24) is 4.72 Å². The van der Waals surface area contributed by atoms with E-state index in [1.807, 2.05) is 13.8 Å². The van der Waals surface area contributed by atoms with Crippen LogP contribution in [0.3, 0.4) is 0 Å². The van der Waals surface area contributed by atoms with Crippen molar-refractivity contribution in [1.29, 1.82) is 0 Å². The van der Waals surface area contributed by atoms with Crippen LogP contribution in [0.15, 0.2) is 27.6 Å². The molecular formula is C12H18BrNO3S. The SMILES string of the molecule is Cc1cc(S(=O)(=O)NCC(C)CCO)ccc1Br. The molecule has 0 heterocycles. The molecule has 0 aliphatic heterocycles. The van der Waals surface area contributed by atoms with E-state index in [1.165, 1.54) is 0 Å². The standard InChI is InChI=1S/C12H18BrNO3S/c1-9(5-6-15)8-14-18(16,17)11-3-4-12(13)10(2)7-11/h3-4,7,9,14-15H,5-6,8H2,1-2H3. The van der Waals surface area contributed by atoms with Crippen LogP contribution in [0.2, 0.25) is 0 Å². The van der Waals surface area contributed by atoms with Gasteiger partial charge in [0.15, 0.2) is 0 Å². The van der Waals surface area contributed by atoms with Crippen LogP contribution in [0.1, 0.15) is 18.9 Å². The lowest BCUT2D eigenvalue weighted by Crippen LogP contribution is -2.28. The molecule has 1 aromatic rings. The molecule has 0 amide bonds. The fraction of sp³-hybridized carbons (Fsp3) is 0.500. The molecule has 1 unspecified atom stereocenters. The van der Waals surface area contributed by atoms with Crippen molar-refractivity contribution in [3.8, 4) is 0 Å². The Bertz CT molecular complexity index is 502. The van der Waals surface area contributed by atoms with Crippen molar-refractivity contribution < 1.29 is 13.5 Å². The summed E-state index contributed by atoms with van der Waals surface area (Å²) in [5.74, 6) is 0.112. The number of aryl methyl sites for hydroxylation is 1. The van der Waals surface area contributed by atoms with Gasteiger partial charge in [0.1, 0.15) is 0 Å². The highest BCUT2D eigenvalue weighted by atomic mass is 79.9. The zero-order valence-electron chi connectivity index (χ0n) is 10.5. The summed E-state index contributed by atoms with van der Waals surface area (Å²) < 4.78 is 27.5. The molecule has 0 saturated carbocycles. The van der Waals surface area contributed by atoms with Crippen molar-refractivity contribution in [2.75, 3.05) is 13.2 Å². The Labute approximate surface area is 117 Å². The summed E-state index contributed by atoms with van der Waals surface area (Å²) in [5.41, 5.74) is 0.876. The predicted molar refractivity (Wildman–Crippen MR) is 74.9 cm³/mol. The highest BCUT2D eigenvalue weighted by molar-refractivity contribution is 9.10. The predicted octanol–water partition coefficient (Wildman–Crippen LogP) is 2.05. The van der Waals surface area contributed by atoms with Crippen LogP contribution in [0, 0.1) is 12.8 Å². The molecule has 0 saturated heterocycles. The minimum Gasteiger partial charge on any atom is -0.396 e. The zero-order valence-corrected chi connectivity index (χ0v) is 12.9. The number of hydrogen-bond donors (Lipinski definition) is 2. The summed E-state index contributed by atoms with van der Waals surface area (Å²) in [6, 6.07) is 4.92. The van der Waals surface area contributed by atoms with E-state index >= 15 is 0 Å². The lowest BCUT2D eigenvalue weighted by Gasteiger charge is -2.12. The Morgan fingerprint density at radius 3 is 2.67 bits per heavy atom. The van der Waals surface area contributed by atoms with Gasteiger partial charge in [-0.2, -0.15) is 0 Å². The van der Waals surface area contributed by atoms with Crippen LogP contribution in [-0.4, -0.2) is 26.7 Å².